The zero-order chi connectivity index (χ0) is 19.2. The molecule has 5 nitrogen and oxygen atoms in total. The lowest BCUT2D eigenvalue weighted by Crippen LogP contribution is -2.14. The van der Waals surface area contributed by atoms with Gasteiger partial charge >= 0.3 is 5.76 Å². The number of sulfone groups is 1. The van der Waals surface area contributed by atoms with E-state index in [1.54, 1.807) is 12.1 Å². The van der Waals surface area contributed by atoms with Gasteiger partial charge in [0.05, 0.1) is 11.4 Å². The predicted octanol–water partition coefficient (Wildman–Crippen LogP) is 3.40. The lowest BCUT2D eigenvalue weighted by molar-refractivity contribution is 0.504. The van der Waals surface area contributed by atoms with Gasteiger partial charge in [-0.15, -0.1) is 0 Å². The molecular weight excluding hydrogens is 364 g/mol. The molecule has 0 atom stereocenters. The Morgan fingerprint density at radius 3 is 2.15 bits per heavy atom. The molecule has 0 saturated heterocycles. The molecule has 0 amide bonds. The smallest absolute Gasteiger partial charge is 0.415 e. The third kappa shape index (κ3) is 3.08. The van der Waals surface area contributed by atoms with Gasteiger partial charge in [-0.3, -0.25) is 0 Å². The van der Waals surface area contributed by atoms with Gasteiger partial charge in [-0.2, -0.15) is 0 Å². The summed E-state index contributed by atoms with van der Waals surface area (Å²) >= 11 is 0. The molecule has 0 unspecified atom stereocenters. The van der Waals surface area contributed by atoms with Gasteiger partial charge in [-0.05, 0) is 49.2 Å². The molecule has 3 rings (SSSR count). The summed E-state index contributed by atoms with van der Waals surface area (Å²) in [6.45, 7) is 3.77. The quantitative estimate of drug-likeness (QED) is 0.699. The van der Waals surface area contributed by atoms with Crippen LogP contribution in [-0.4, -0.2) is 19.2 Å². The number of aromatic nitrogens is 1. The molecule has 0 fully saturated rings. The maximum Gasteiger partial charge on any atom is 0.424 e. The Balaban J connectivity index is 2.24. The van der Waals surface area contributed by atoms with Crippen LogP contribution in [-0.2, 0) is 9.84 Å². The fourth-order valence-electron chi connectivity index (χ4n) is 2.68. The molecule has 0 radical (unpaired) electrons. The van der Waals surface area contributed by atoms with Crippen molar-refractivity contribution in [2.45, 2.75) is 18.7 Å². The highest BCUT2D eigenvalue weighted by molar-refractivity contribution is 7.90. The Kier molecular flexibility index (Phi) is 4.31. The van der Waals surface area contributed by atoms with Crippen LogP contribution in [0.3, 0.4) is 0 Å². The predicted molar refractivity (Wildman–Crippen MR) is 92.2 cm³/mol. The van der Waals surface area contributed by atoms with Crippen LogP contribution in [0.5, 0.6) is 0 Å². The first-order chi connectivity index (χ1) is 12.1. The second kappa shape index (κ2) is 6.21. The number of oxazole rings is 1. The summed E-state index contributed by atoms with van der Waals surface area (Å²) in [7, 11) is -4.07. The molecule has 1 aromatic heterocycles. The Labute approximate surface area is 148 Å². The molecule has 0 N–H and O–H groups in total. The van der Waals surface area contributed by atoms with Crippen molar-refractivity contribution in [2.75, 3.05) is 6.26 Å². The monoisotopic (exact) mass is 379 g/mol. The van der Waals surface area contributed by atoms with Crippen molar-refractivity contribution in [3.8, 4) is 16.9 Å². The number of nitrogens with zero attached hydrogens (tertiary/aromatic N) is 1. The van der Waals surface area contributed by atoms with E-state index in [4.69, 9.17) is 4.42 Å². The second-order valence-corrected chi connectivity index (χ2v) is 7.98. The summed E-state index contributed by atoms with van der Waals surface area (Å²) in [5, 5.41) is 0. The van der Waals surface area contributed by atoms with Gasteiger partial charge in [0.1, 0.15) is 22.8 Å². The Bertz CT molecular complexity index is 1150. The van der Waals surface area contributed by atoms with Crippen LogP contribution < -0.4 is 5.76 Å². The van der Waals surface area contributed by atoms with Gasteiger partial charge in [-0.1, -0.05) is 6.07 Å². The summed E-state index contributed by atoms with van der Waals surface area (Å²) in [6, 6.07) is 6.96. The van der Waals surface area contributed by atoms with Crippen LogP contribution in [0.15, 0.2) is 50.7 Å². The number of aryl methyl sites for hydroxylation is 2. The molecule has 0 spiro atoms. The SMILES string of the molecule is Cc1ccc(-n2c(-c3cc(F)c(S(C)(=O)=O)c(F)c3)coc2=O)cc1C. The van der Waals surface area contributed by atoms with E-state index in [9.17, 15) is 22.0 Å². The molecule has 0 aliphatic carbocycles. The maximum absolute atomic E-state index is 14.2. The van der Waals surface area contributed by atoms with Crippen molar-refractivity contribution in [2.24, 2.45) is 0 Å². The first-order valence-electron chi connectivity index (χ1n) is 7.57. The molecule has 1 heterocycles. The first kappa shape index (κ1) is 18.1. The van der Waals surface area contributed by atoms with Crippen LogP contribution in [0.2, 0.25) is 0 Å². The van der Waals surface area contributed by atoms with Gasteiger partial charge < -0.3 is 4.42 Å². The summed E-state index contributed by atoms with van der Waals surface area (Å²) in [6.07, 6.45) is 1.79. The fraction of sp³-hybridized carbons (Fsp3) is 0.167. The third-order valence-electron chi connectivity index (χ3n) is 4.11. The first-order valence-corrected chi connectivity index (χ1v) is 9.46. The highest BCUT2D eigenvalue weighted by atomic mass is 32.2. The van der Waals surface area contributed by atoms with Crippen LogP contribution in [0.1, 0.15) is 11.1 Å². The van der Waals surface area contributed by atoms with Crippen LogP contribution in [0.4, 0.5) is 8.78 Å². The average Bonchev–Trinajstić information content (AvgIpc) is 2.89. The van der Waals surface area contributed by atoms with E-state index in [1.807, 2.05) is 19.9 Å². The fourth-order valence-corrected chi connectivity index (χ4v) is 3.50. The van der Waals surface area contributed by atoms with E-state index in [0.29, 0.717) is 5.69 Å². The largest absolute Gasteiger partial charge is 0.424 e. The van der Waals surface area contributed by atoms with Crippen molar-refractivity contribution in [3.05, 3.63) is 69.9 Å². The van der Waals surface area contributed by atoms with E-state index in [-0.39, 0.29) is 11.3 Å². The topological polar surface area (TPSA) is 69.3 Å². The normalized spacial score (nSPS) is 11.7. The minimum atomic E-state index is -4.07. The molecule has 0 aliphatic rings. The van der Waals surface area contributed by atoms with E-state index in [2.05, 4.69) is 0 Å². The lowest BCUT2D eigenvalue weighted by Gasteiger charge is -2.10. The molecule has 2 aromatic carbocycles. The van der Waals surface area contributed by atoms with Crippen LogP contribution in [0.25, 0.3) is 16.9 Å². The van der Waals surface area contributed by atoms with Crippen molar-refractivity contribution in [3.63, 3.8) is 0 Å². The standard InChI is InChI=1S/C18H15F2NO4S/c1-10-4-5-13(6-11(10)2)21-16(9-25-18(21)22)12-7-14(19)17(15(20)8-12)26(3,23)24/h4-9H,1-3H3. The lowest BCUT2D eigenvalue weighted by atomic mass is 10.1. The maximum atomic E-state index is 14.2. The summed E-state index contributed by atoms with van der Waals surface area (Å²) in [5.41, 5.74) is 2.50. The number of rotatable bonds is 3. The van der Waals surface area contributed by atoms with Gasteiger partial charge in [0.15, 0.2) is 9.84 Å². The molecule has 0 saturated carbocycles. The molecule has 0 aliphatic heterocycles. The van der Waals surface area contributed by atoms with E-state index in [0.717, 1.165) is 35.8 Å². The van der Waals surface area contributed by atoms with Gasteiger partial charge in [0, 0.05) is 11.8 Å². The zero-order valence-corrected chi connectivity index (χ0v) is 15.0. The van der Waals surface area contributed by atoms with Crippen LogP contribution in [0, 0.1) is 25.5 Å². The van der Waals surface area contributed by atoms with E-state index < -0.39 is 32.1 Å². The Morgan fingerprint density at radius 2 is 1.62 bits per heavy atom. The molecule has 0 bridgehead atoms. The minimum absolute atomic E-state index is 0.0171. The number of benzene rings is 2. The summed E-state index contributed by atoms with van der Waals surface area (Å²) < 4.78 is 57.6. The highest BCUT2D eigenvalue weighted by Crippen LogP contribution is 2.28. The Hall–Kier alpha value is -2.74. The number of halogens is 2. The van der Waals surface area contributed by atoms with Crippen molar-refractivity contribution in [1.29, 1.82) is 0 Å². The molecule has 136 valence electrons. The number of hydrogen-bond donors (Lipinski definition) is 0. The van der Waals surface area contributed by atoms with E-state index in [1.165, 1.54) is 4.57 Å². The van der Waals surface area contributed by atoms with Gasteiger partial charge in [0.25, 0.3) is 0 Å². The Morgan fingerprint density at radius 1 is 1.00 bits per heavy atom. The third-order valence-corrected chi connectivity index (χ3v) is 5.24. The van der Waals surface area contributed by atoms with Gasteiger partial charge in [-0.25, -0.2) is 26.6 Å². The molecule has 8 heteroatoms. The summed E-state index contributed by atoms with van der Waals surface area (Å²) in [4.78, 5) is 11.1. The van der Waals surface area contributed by atoms with Crippen molar-refractivity contribution >= 4 is 9.84 Å². The highest BCUT2D eigenvalue weighted by Gasteiger charge is 2.23. The molecule has 26 heavy (non-hydrogen) atoms. The van der Waals surface area contributed by atoms with Gasteiger partial charge in [0.2, 0.25) is 0 Å². The van der Waals surface area contributed by atoms with Crippen molar-refractivity contribution in [1.82, 2.24) is 4.57 Å². The minimum Gasteiger partial charge on any atom is -0.415 e. The zero-order valence-electron chi connectivity index (χ0n) is 14.2. The van der Waals surface area contributed by atoms with E-state index >= 15 is 0 Å². The summed E-state index contributed by atoms with van der Waals surface area (Å²) in [5.74, 6) is -3.19. The molecular formula is C18H15F2NO4S. The van der Waals surface area contributed by atoms with Crippen molar-refractivity contribution < 1.29 is 21.6 Å². The average molecular weight is 379 g/mol. The molecule has 3 aromatic rings. The van der Waals surface area contributed by atoms with Crippen LogP contribution >= 0.6 is 0 Å². The second-order valence-electron chi connectivity index (χ2n) is 6.03. The number of hydrogen-bond acceptors (Lipinski definition) is 4.